The van der Waals surface area contributed by atoms with Crippen molar-refractivity contribution in [1.82, 2.24) is 29.7 Å². The molecule has 6 aromatic rings. The van der Waals surface area contributed by atoms with Crippen LogP contribution in [0.2, 0.25) is 0 Å². The lowest BCUT2D eigenvalue weighted by molar-refractivity contribution is -0.132. The summed E-state index contributed by atoms with van der Waals surface area (Å²) in [5, 5.41) is 0. The summed E-state index contributed by atoms with van der Waals surface area (Å²) >= 11 is 0. The van der Waals surface area contributed by atoms with Crippen LogP contribution >= 0.6 is 0 Å². The molecule has 2 amide bonds. The number of hydrogen-bond acceptors (Lipinski definition) is 4. The van der Waals surface area contributed by atoms with Gasteiger partial charge in [0.1, 0.15) is 11.6 Å². The predicted molar refractivity (Wildman–Crippen MR) is 181 cm³/mol. The molecule has 0 aliphatic rings. The van der Waals surface area contributed by atoms with E-state index in [1.54, 1.807) is 9.80 Å². The van der Waals surface area contributed by atoms with E-state index < -0.39 is 0 Å². The summed E-state index contributed by atoms with van der Waals surface area (Å²) in [6.45, 7) is 3.94. The topological polar surface area (TPSA) is 98.0 Å². The molecule has 0 aliphatic heterocycles. The van der Waals surface area contributed by atoms with E-state index in [0.29, 0.717) is 12.8 Å². The van der Waals surface area contributed by atoms with Gasteiger partial charge in [-0.05, 0) is 61.4 Å². The molecule has 2 heterocycles. The van der Waals surface area contributed by atoms with Crippen LogP contribution in [0.1, 0.15) is 59.8 Å². The van der Waals surface area contributed by atoms with Crippen molar-refractivity contribution in [3.05, 3.63) is 131 Å². The number of rotatable bonds is 8. The van der Waals surface area contributed by atoms with Crippen LogP contribution in [0.5, 0.6) is 0 Å². The zero-order valence-corrected chi connectivity index (χ0v) is 26.4. The Morgan fingerprint density at radius 1 is 0.630 bits per heavy atom. The van der Waals surface area contributed by atoms with Crippen LogP contribution in [0.3, 0.4) is 0 Å². The average molecular weight is 609 g/mol. The number of carbonyl (C=O) groups is 2. The molecule has 0 radical (unpaired) electrons. The van der Waals surface area contributed by atoms with Gasteiger partial charge in [0, 0.05) is 25.2 Å². The van der Waals surface area contributed by atoms with Gasteiger partial charge in [0.2, 0.25) is 11.8 Å². The van der Waals surface area contributed by atoms with Crippen LogP contribution in [0, 0.1) is 11.8 Å². The predicted octanol–water partition coefficient (Wildman–Crippen LogP) is 6.36. The minimum atomic E-state index is -0.215. The maximum absolute atomic E-state index is 12.9. The molecule has 2 aromatic heterocycles. The van der Waals surface area contributed by atoms with Crippen molar-refractivity contribution in [1.29, 1.82) is 0 Å². The molecule has 4 aromatic carbocycles. The first kappa shape index (κ1) is 30.4. The van der Waals surface area contributed by atoms with Gasteiger partial charge in [0.05, 0.1) is 47.0 Å². The standard InChI is InChI=1S/C38H36N6O2/c1-25(43(3)35(45)23-27-11-7-5-8-12-27)37-39-31-19-17-29(21-33(31)41-37)15-16-30-18-20-32-34(22-30)42-38(40-32)26(2)44(4)36(46)24-28-13-9-6-10-14-28/h5-14,17-22,25-26H,23-24H2,1-4H3,(H,39,41)(H,40,42)/t25-,26-/m0/s1. The van der Waals surface area contributed by atoms with Crippen LogP contribution < -0.4 is 0 Å². The van der Waals surface area contributed by atoms with E-state index in [2.05, 4.69) is 21.8 Å². The van der Waals surface area contributed by atoms with E-state index >= 15 is 0 Å². The van der Waals surface area contributed by atoms with Crippen LogP contribution in [-0.4, -0.2) is 55.6 Å². The third-order valence-electron chi connectivity index (χ3n) is 8.49. The van der Waals surface area contributed by atoms with Crippen LogP contribution in [0.15, 0.2) is 97.1 Å². The Labute approximate surface area is 268 Å². The number of fused-ring (bicyclic) bond motifs is 2. The van der Waals surface area contributed by atoms with Crippen molar-refractivity contribution in [3.8, 4) is 11.8 Å². The third kappa shape index (κ3) is 6.69. The summed E-state index contributed by atoms with van der Waals surface area (Å²) in [5.41, 5.74) is 7.02. The smallest absolute Gasteiger partial charge is 0.227 e. The van der Waals surface area contributed by atoms with E-state index in [4.69, 9.17) is 9.97 Å². The second-order valence-electron chi connectivity index (χ2n) is 11.6. The van der Waals surface area contributed by atoms with Gasteiger partial charge in [-0.15, -0.1) is 0 Å². The number of hydrogen-bond donors (Lipinski definition) is 2. The molecular formula is C38H36N6O2. The highest BCUT2D eigenvalue weighted by atomic mass is 16.2. The van der Waals surface area contributed by atoms with Crippen molar-refractivity contribution >= 4 is 33.9 Å². The minimum Gasteiger partial charge on any atom is -0.340 e. The van der Waals surface area contributed by atoms with Crippen molar-refractivity contribution in [2.24, 2.45) is 0 Å². The van der Waals surface area contributed by atoms with Crippen molar-refractivity contribution in [2.45, 2.75) is 38.8 Å². The fourth-order valence-corrected chi connectivity index (χ4v) is 5.34. The maximum Gasteiger partial charge on any atom is 0.227 e. The lowest BCUT2D eigenvalue weighted by atomic mass is 10.1. The summed E-state index contributed by atoms with van der Waals surface area (Å²) < 4.78 is 0. The van der Waals surface area contributed by atoms with Crippen LogP contribution in [0.25, 0.3) is 22.1 Å². The van der Waals surface area contributed by atoms with Gasteiger partial charge >= 0.3 is 0 Å². The summed E-state index contributed by atoms with van der Waals surface area (Å²) in [6, 6.07) is 30.8. The number of nitrogens with one attached hydrogen (secondary N) is 2. The average Bonchev–Trinajstić information content (AvgIpc) is 3.71. The van der Waals surface area contributed by atoms with Crippen LogP contribution in [0.4, 0.5) is 0 Å². The number of benzene rings is 4. The van der Waals surface area contributed by atoms with Gasteiger partial charge in [-0.1, -0.05) is 72.5 Å². The first-order valence-corrected chi connectivity index (χ1v) is 15.4. The summed E-state index contributed by atoms with van der Waals surface area (Å²) in [7, 11) is 3.62. The molecule has 230 valence electrons. The largest absolute Gasteiger partial charge is 0.340 e. The number of H-pyrrole nitrogens is 2. The summed E-state index contributed by atoms with van der Waals surface area (Å²) in [4.78, 5) is 45.5. The Kier molecular flexibility index (Phi) is 8.66. The second kappa shape index (κ2) is 13.1. The Bertz CT molecular complexity index is 1920. The molecule has 0 unspecified atom stereocenters. The van der Waals surface area contributed by atoms with E-state index in [1.807, 2.05) is 125 Å². The minimum absolute atomic E-state index is 0.0322. The van der Waals surface area contributed by atoms with Crippen LogP contribution in [-0.2, 0) is 22.4 Å². The Morgan fingerprint density at radius 3 is 1.41 bits per heavy atom. The lowest BCUT2D eigenvalue weighted by Crippen LogP contribution is -2.31. The first-order valence-electron chi connectivity index (χ1n) is 15.4. The molecule has 2 N–H and O–H groups in total. The monoisotopic (exact) mass is 608 g/mol. The highest BCUT2D eigenvalue weighted by molar-refractivity contribution is 5.81. The highest BCUT2D eigenvalue weighted by Gasteiger charge is 2.22. The van der Waals surface area contributed by atoms with Crippen molar-refractivity contribution in [2.75, 3.05) is 14.1 Å². The fourth-order valence-electron chi connectivity index (χ4n) is 5.34. The van der Waals surface area contributed by atoms with Gasteiger partial charge in [-0.25, -0.2) is 9.97 Å². The van der Waals surface area contributed by atoms with Gasteiger partial charge in [-0.3, -0.25) is 9.59 Å². The van der Waals surface area contributed by atoms with Crippen molar-refractivity contribution in [3.63, 3.8) is 0 Å². The first-order chi connectivity index (χ1) is 22.2. The SMILES string of the molecule is C[C@@H](c1nc2cc(C#Cc3ccc4[nH]c([C@H](C)N(C)C(=O)Cc5ccccc5)nc4c3)ccc2[nH]1)N(C)C(=O)Cc1ccccc1. The van der Waals surface area contributed by atoms with E-state index in [9.17, 15) is 9.59 Å². The molecule has 46 heavy (non-hydrogen) atoms. The molecule has 0 saturated carbocycles. The number of amides is 2. The quantitative estimate of drug-likeness (QED) is 0.197. The Hall–Kier alpha value is -5.68. The Balaban J connectivity index is 1.14. The maximum atomic E-state index is 12.9. The molecule has 8 heteroatoms. The molecule has 0 bridgehead atoms. The van der Waals surface area contributed by atoms with Gasteiger partial charge in [-0.2, -0.15) is 0 Å². The molecule has 8 nitrogen and oxygen atoms in total. The number of imidazole rings is 2. The van der Waals surface area contributed by atoms with E-state index in [-0.39, 0.29) is 23.9 Å². The zero-order valence-electron chi connectivity index (χ0n) is 26.4. The second-order valence-corrected chi connectivity index (χ2v) is 11.6. The molecule has 0 spiro atoms. The number of aromatic nitrogens is 4. The summed E-state index contributed by atoms with van der Waals surface area (Å²) in [5.74, 6) is 8.02. The van der Waals surface area contributed by atoms with E-state index in [1.165, 1.54) is 0 Å². The van der Waals surface area contributed by atoms with Gasteiger partial charge < -0.3 is 19.8 Å². The van der Waals surface area contributed by atoms with Crippen molar-refractivity contribution < 1.29 is 9.59 Å². The molecule has 6 rings (SSSR count). The molecule has 0 aliphatic carbocycles. The molecule has 0 fully saturated rings. The fraction of sp³-hybridized carbons (Fsp3) is 0.211. The summed E-state index contributed by atoms with van der Waals surface area (Å²) in [6.07, 6.45) is 0.690. The number of carbonyl (C=O) groups excluding carboxylic acids is 2. The molecule has 0 saturated heterocycles. The Morgan fingerprint density at radius 2 is 1.02 bits per heavy atom. The highest BCUT2D eigenvalue weighted by Crippen LogP contribution is 2.23. The van der Waals surface area contributed by atoms with Gasteiger partial charge in [0.15, 0.2) is 0 Å². The molecule has 2 atom stereocenters. The number of nitrogens with zero attached hydrogens (tertiary/aromatic N) is 4. The van der Waals surface area contributed by atoms with E-state index in [0.717, 1.165) is 56.0 Å². The normalized spacial score (nSPS) is 12.3. The van der Waals surface area contributed by atoms with Gasteiger partial charge in [0.25, 0.3) is 0 Å². The number of likely N-dealkylation sites (N-methyl/N-ethyl adjacent to an activating group) is 2. The third-order valence-corrected chi connectivity index (χ3v) is 8.49. The lowest BCUT2D eigenvalue weighted by Gasteiger charge is -2.23. The number of aromatic amines is 2. The zero-order chi connectivity index (χ0) is 32.2. The molecular weight excluding hydrogens is 572 g/mol.